The van der Waals surface area contributed by atoms with Crippen molar-refractivity contribution in [3.63, 3.8) is 0 Å². The topological polar surface area (TPSA) is 92.8 Å². The van der Waals surface area contributed by atoms with E-state index in [0.717, 1.165) is 5.56 Å². The van der Waals surface area contributed by atoms with Gasteiger partial charge in [-0.1, -0.05) is 11.6 Å². The number of rotatable bonds is 3. The molecule has 0 aliphatic rings. The minimum atomic E-state index is -1.10. The zero-order valence-electron chi connectivity index (χ0n) is 11.2. The van der Waals surface area contributed by atoms with Crippen LogP contribution in [0.3, 0.4) is 0 Å². The van der Waals surface area contributed by atoms with Crippen LogP contribution in [-0.4, -0.2) is 23.3 Å². The van der Waals surface area contributed by atoms with Crippen molar-refractivity contribution in [1.29, 1.82) is 0 Å². The highest BCUT2D eigenvalue weighted by molar-refractivity contribution is 5.93. The molecule has 0 saturated heterocycles. The normalized spacial score (nSPS) is 10.3. The average molecular weight is 273 g/mol. The summed E-state index contributed by atoms with van der Waals surface area (Å²) in [6, 6.07) is 7.99. The molecule has 0 amide bonds. The van der Waals surface area contributed by atoms with Crippen molar-refractivity contribution in [1.82, 2.24) is 0 Å². The Bertz CT molecular complexity index is 680. The van der Waals surface area contributed by atoms with E-state index in [1.165, 1.54) is 19.2 Å². The molecule has 2 aromatic carbocycles. The molecule has 0 aliphatic carbocycles. The third-order valence-electron chi connectivity index (χ3n) is 3.04. The highest BCUT2D eigenvalue weighted by Crippen LogP contribution is 2.40. The number of phenolic OH excluding ortho intramolecular Hbond substituents is 1. The summed E-state index contributed by atoms with van der Waals surface area (Å²) < 4.78 is 5.01. The van der Waals surface area contributed by atoms with Gasteiger partial charge in [0.1, 0.15) is 0 Å². The predicted octanol–water partition coefficient (Wildman–Crippen LogP) is 2.66. The smallest absolute Gasteiger partial charge is 0.335 e. The van der Waals surface area contributed by atoms with E-state index in [0.29, 0.717) is 16.8 Å². The maximum atomic E-state index is 11.1. The second kappa shape index (κ2) is 5.13. The van der Waals surface area contributed by atoms with E-state index in [9.17, 15) is 9.90 Å². The maximum absolute atomic E-state index is 11.1. The monoisotopic (exact) mass is 273 g/mol. The van der Waals surface area contributed by atoms with Crippen LogP contribution in [0.15, 0.2) is 30.3 Å². The zero-order chi connectivity index (χ0) is 14.9. The van der Waals surface area contributed by atoms with E-state index in [4.69, 9.17) is 15.6 Å². The lowest BCUT2D eigenvalue weighted by atomic mass is 9.98. The van der Waals surface area contributed by atoms with E-state index in [-0.39, 0.29) is 17.1 Å². The molecule has 5 nitrogen and oxygen atoms in total. The van der Waals surface area contributed by atoms with Crippen LogP contribution in [0.5, 0.6) is 11.5 Å². The largest absolute Gasteiger partial charge is 0.504 e. The fourth-order valence-corrected chi connectivity index (χ4v) is 2.00. The maximum Gasteiger partial charge on any atom is 0.335 e. The van der Waals surface area contributed by atoms with E-state index in [2.05, 4.69) is 0 Å². The number of nitrogens with two attached hydrogens (primary N) is 1. The van der Waals surface area contributed by atoms with E-state index >= 15 is 0 Å². The van der Waals surface area contributed by atoms with Crippen molar-refractivity contribution >= 4 is 11.7 Å². The van der Waals surface area contributed by atoms with Crippen LogP contribution in [0.25, 0.3) is 11.1 Å². The molecule has 0 unspecified atom stereocenters. The van der Waals surface area contributed by atoms with Crippen LogP contribution in [0, 0.1) is 6.92 Å². The zero-order valence-corrected chi connectivity index (χ0v) is 11.2. The summed E-state index contributed by atoms with van der Waals surface area (Å²) in [5.74, 6) is -1.13. The number of phenols is 1. The molecule has 0 saturated carbocycles. The van der Waals surface area contributed by atoms with Gasteiger partial charge in [-0.15, -0.1) is 0 Å². The Morgan fingerprint density at radius 1 is 1.20 bits per heavy atom. The Hall–Kier alpha value is -2.69. The molecule has 0 bridgehead atoms. The minimum Gasteiger partial charge on any atom is -0.504 e. The highest BCUT2D eigenvalue weighted by atomic mass is 16.5. The summed E-state index contributed by atoms with van der Waals surface area (Å²) in [5, 5.41) is 19.3. The molecular formula is C15H15NO4. The van der Waals surface area contributed by atoms with Crippen molar-refractivity contribution in [2.24, 2.45) is 0 Å². The molecular weight excluding hydrogens is 258 g/mol. The van der Waals surface area contributed by atoms with Gasteiger partial charge in [-0.3, -0.25) is 0 Å². The molecule has 0 aromatic heterocycles. The van der Waals surface area contributed by atoms with Gasteiger partial charge in [-0.25, -0.2) is 4.79 Å². The Morgan fingerprint density at radius 2 is 1.90 bits per heavy atom. The summed E-state index contributed by atoms with van der Waals surface area (Å²) in [4.78, 5) is 11.1. The van der Waals surface area contributed by atoms with Gasteiger partial charge in [0, 0.05) is 16.8 Å². The van der Waals surface area contributed by atoms with Crippen molar-refractivity contribution in [2.75, 3.05) is 12.8 Å². The van der Waals surface area contributed by atoms with E-state index in [1.807, 2.05) is 13.0 Å². The molecule has 5 heteroatoms. The van der Waals surface area contributed by atoms with Crippen LogP contribution < -0.4 is 10.5 Å². The Labute approximate surface area is 116 Å². The number of anilines is 1. The molecule has 20 heavy (non-hydrogen) atoms. The first kappa shape index (κ1) is 13.7. The van der Waals surface area contributed by atoms with Gasteiger partial charge in [0.2, 0.25) is 0 Å². The second-order valence-corrected chi connectivity index (χ2v) is 4.47. The van der Waals surface area contributed by atoms with Crippen molar-refractivity contribution in [3.8, 4) is 22.6 Å². The van der Waals surface area contributed by atoms with Gasteiger partial charge in [0.15, 0.2) is 11.5 Å². The number of aryl methyl sites for hydroxylation is 1. The first-order valence-corrected chi connectivity index (χ1v) is 5.95. The van der Waals surface area contributed by atoms with Crippen LogP contribution in [-0.2, 0) is 0 Å². The van der Waals surface area contributed by atoms with Gasteiger partial charge in [-0.05, 0) is 31.2 Å². The Balaban J connectivity index is 2.75. The number of aromatic hydroxyl groups is 1. The SMILES string of the molecule is COc1cc(C(=O)O)cc(-c2cc(C)ccc2N)c1O. The number of aromatic carboxylic acids is 1. The molecule has 0 heterocycles. The van der Waals surface area contributed by atoms with Crippen LogP contribution in [0.2, 0.25) is 0 Å². The number of ether oxygens (including phenoxy) is 1. The lowest BCUT2D eigenvalue weighted by Gasteiger charge is -2.13. The average Bonchev–Trinajstić information content (AvgIpc) is 2.41. The predicted molar refractivity (Wildman–Crippen MR) is 76.2 cm³/mol. The molecule has 0 atom stereocenters. The van der Waals surface area contributed by atoms with Gasteiger partial charge in [0.25, 0.3) is 0 Å². The first-order valence-electron chi connectivity index (χ1n) is 5.95. The van der Waals surface area contributed by atoms with Gasteiger partial charge in [-0.2, -0.15) is 0 Å². The summed E-state index contributed by atoms with van der Waals surface area (Å²) in [7, 11) is 1.37. The van der Waals surface area contributed by atoms with Crippen LogP contribution in [0.1, 0.15) is 15.9 Å². The minimum absolute atomic E-state index is 0.0237. The molecule has 104 valence electrons. The summed E-state index contributed by atoms with van der Waals surface area (Å²) >= 11 is 0. The number of carbonyl (C=O) groups is 1. The number of carboxylic acids is 1. The van der Waals surface area contributed by atoms with Crippen LogP contribution >= 0.6 is 0 Å². The number of hydrogen-bond acceptors (Lipinski definition) is 4. The number of hydrogen-bond donors (Lipinski definition) is 3. The first-order chi connectivity index (χ1) is 9.43. The molecule has 0 aliphatic heterocycles. The van der Waals surface area contributed by atoms with Crippen molar-refractivity contribution in [3.05, 3.63) is 41.5 Å². The molecule has 0 spiro atoms. The summed E-state index contributed by atoms with van der Waals surface area (Å²) in [6.45, 7) is 1.89. The quantitative estimate of drug-likeness (QED) is 0.747. The number of methoxy groups -OCH3 is 1. The molecule has 4 N–H and O–H groups in total. The fraction of sp³-hybridized carbons (Fsp3) is 0.133. The number of benzene rings is 2. The van der Waals surface area contributed by atoms with Gasteiger partial charge >= 0.3 is 5.97 Å². The number of nitrogen functional groups attached to an aromatic ring is 1. The Morgan fingerprint density at radius 3 is 2.50 bits per heavy atom. The van der Waals surface area contributed by atoms with Gasteiger partial charge in [0.05, 0.1) is 12.7 Å². The van der Waals surface area contributed by atoms with Crippen molar-refractivity contribution in [2.45, 2.75) is 6.92 Å². The Kier molecular flexibility index (Phi) is 3.52. The standard InChI is InChI=1S/C15H15NO4/c1-8-3-4-12(16)10(5-8)11-6-9(15(18)19)7-13(20-2)14(11)17/h3-7,17H,16H2,1-2H3,(H,18,19). The number of carboxylic acid groups (broad SMARTS) is 1. The second-order valence-electron chi connectivity index (χ2n) is 4.47. The fourth-order valence-electron chi connectivity index (χ4n) is 2.00. The third kappa shape index (κ3) is 2.38. The molecule has 2 aromatic rings. The lowest BCUT2D eigenvalue weighted by molar-refractivity contribution is 0.0696. The van der Waals surface area contributed by atoms with Crippen molar-refractivity contribution < 1.29 is 19.7 Å². The third-order valence-corrected chi connectivity index (χ3v) is 3.04. The lowest BCUT2D eigenvalue weighted by Crippen LogP contribution is -2.00. The van der Waals surface area contributed by atoms with E-state index < -0.39 is 5.97 Å². The summed E-state index contributed by atoms with van der Waals surface area (Å²) in [5.41, 5.74) is 8.25. The van der Waals surface area contributed by atoms with E-state index in [1.54, 1.807) is 12.1 Å². The molecule has 2 rings (SSSR count). The molecule has 0 radical (unpaired) electrons. The highest BCUT2D eigenvalue weighted by Gasteiger charge is 2.17. The van der Waals surface area contributed by atoms with Crippen LogP contribution in [0.4, 0.5) is 5.69 Å². The van der Waals surface area contributed by atoms with Gasteiger partial charge < -0.3 is 20.7 Å². The molecule has 0 fully saturated rings. The summed E-state index contributed by atoms with van der Waals surface area (Å²) in [6.07, 6.45) is 0.